The van der Waals surface area contributed by atoms with Crippen LogP contribution in [0.3, 0.4) is 0 Å². The van der Waals surface area contributed by atoms with Crippen molar-refractivity contribution in [1.29, 1.82) is 0 Å². The molecule has 1 aliphatic heterocycles. The average Bonchev–Trinajstić information content (AvgIpc) is 2.69. The number of hydrogen-bond acceptors (Lipinski definition) is 3. The van der Waals surface area contributed by atoms with Gasteiger partial charge in [-0.15, -0.1) is 0 Å². The number of para-hydroxylation sites is 1. The van der Waals surface area contributed by atoms with Crippen LogP contribution in [0.2, 0.25) is 0 Å². The molecule has 0 aromatic heterocycles. The second-order valence-electron chi connectivity index (χ2n) is 6.52. The van der Waals surface area contributed by atoms with E-state index < -0.39 is 10.2 Å². The van der Waals surface area contributed by atoms with Gasteiger partial charge in [-0.05, 0) is 11.6 Å². The molecule has 1 aliphatic rings. The molecule has 7 nitrogen and oxygen atoms in total. The highest BCUT2D eigenvalue weighted by molar-refractivity contribution is 7.86. The molecule has 1 saturated heterocycles. The minimum Gasteiger partial charge on any atom is -0.322 e. The molecule has 0 radical (unpaired) electrons. The van der Waals surface area contributed by atoms with E-state index in [2.05, 4.69) is 5.32 Å². The first-order chi connectivity index (χ1) is 12.9. The zero-order valence-electron chi connectivity index (χ0n) is 15.5. The van der Waals surface area contributed by atoms with Gasteiger partial charge in [-0.3, -0.25) is 0 Å². The number of nitrogens with zero attached hydrogens (tertiary/aromatic N) is 3. The lowest BCUT2D eigenvalue weighted by molar-refractivity contribution is 0.182. The van der Waals surface area contributed by atoms with E-state index in [1.165, 1.54) is 22.7 Å². The highest BCUT2D eigenvalue weighted by Gasteiger charge is 2.30. The number of urea groups is 1. The normalized spacial score (nSPS) is 15.7. The number of hydrogen-bond donors (Lipinski definition) is 1. The maximum atomic E-state index is 12.7. The van der Waals surface area contributed by atoms with Crippen LogP contribution in [0.15, 0.2) is 54.6 Å². The monoisotopic (exact) mass is 388 g/mol. The van der Waals surface area contributed by atoms with Crippen LogP contribution in [0.25, 0.3) is 11.1 Å². The van der Waals surface area contributed by atoms with Crippen molar-refractivity contribution in [3.63, 3.8) is 0 Å². The molecule has 0 unspecified atom stereocenters. The third kappa shape index (κ3) is 4.29. The maximum absolute atomic E-state index is 12.7. The smallest absolute Gasteiger partial charge is 0.321 e. The molecular weight excluding hydrogens is 364 g/mol. The number of piperazine rings is 1. The summed E-state index contributed by atoms with van der Waals surface area (Å²) in [4.78, 5) is 14.3. The summed E-state index contributed by atoms with van der Waals surface area (Å²) in [7, 11) is -0.425. The molecule has 0 aliphatic carbocycles. The lowest BCUT2D eigenvalue weighted by Gasteiger charge is -2.35. The van der Waals surface area contributed by atoms with Crippen molar-refractivity contribution in [3.8, 4) is 11.1 Å². The molecule has 0 atom stereocenters. The zero-order chi connectivity index (χ0) is 19.4. The van der Waals surface area contributed by atoms with Gasteiger partial charge in [0.05, 0.1) is 5.69 Å². The second-order valence-corrected chi connectivity index (χ2v) is 8.66. The van der Waals surface area contributed by atoms with E-state index in [0.717, 1.165) is 16.8 Å². The molecule has 3 rings (SSSR count). The number of carbonyl (C=O) groups is 1. The van der Waals surface area contributed by atoms with Gasteiger partial charge in [0.25, 0.3) is 10.2 Å². The van der Waals surface area contributed by atoms with Crippen LogP contribution in [0, 0.1) is 0 Å². The molecule has 8 heteroatoms. The standard InChI is InChI=1S/C19H24N4O3S/c1-21(2)27(25,26)23-14-12-22(13-15-23)19(24)20-18-11-7-6-10-17(18)16-8-4-3-5-9-16/h3-11H,12-15H2,1-2H3,(H,20,24). The third-order valence-corrected chi connectivity index (χ3v) is 6.51. The van der Waals surface area contributed by atoms with Crippen molar-refractivity contribution in [2.75, 3.05) is 45.6 Å². The Labute approximate surface area is 160 Å². The summed E-state index contributed by atoms with van der Waals surface area (Å²) in [6.45, 7) is 1.28. The van der Waals surface area contributed by atoms with Crippen LogP contribution < -0.4 is 5.32 Å². The summed E-state index contributed by atoms with van der Waals surface area (Å²) in [6, 6.07) is 17.3. The molecule has 144 valence electrons. The van der Waals surface area contributed by atoms with Gasteiger partial charge in [0.1, 0.15) is 0 Å². The van der Waals surface area contributed by atoms with E-state index in [0.29, 0.717) is 13.1 Å². The predicted molar refractivity (Wildman–Crippen MR) is 107 cm³/mol. The minimum atomic E-state index is -3.44. The number of amides is 2. The van der Waals surface area contributed by atoms with Gasteiger partial charge >= 0.3 is 6.03 Å². The van der Waals surface area contributed by atoms with Gasteiger partial charge in [0.15, 0.2) is 0 Å². The quantitative estimate of drug-likeness (QED) is 0.874. The summed E-state index contributed by atoms with van der Waals surface area (Å²) in [6.07, 6.45) is 0. The first kappa shape index (κ1) is 19.3. The zero-order valence-corrected chi connectivity index (χ0v) is 16.3. The van der Waals surface area contributed by atoms with Crippen LogP contribution in [0.5, 0.6) is 0 Å². The van der Waals surface area contributed by atoms with Crippen LogP contribution in [0.1, 0.15) is 0 Å². The van der Waals surface area contributed by atoms with Crippen LogP contribution in [-0.2, 0) is 10.2 Å². The Morgan fingerprint density at radius 1 is 0.926 bits per heavy atom. The van der Waals surface area contributed by atoms with E-state index in [-0.39, 0.29) is 19.1 Å². The van der Waals surface area contributed by atoms with Gasteiger partial charge < -0.3 is 10.2 Å². The van der Waals surface area contributed by atoms with E-state index in [1.807, 2.05) is 54.6 Å². The average molecular weight is 388 g/mol. The SMILES string of the molecule is CN(C)S(=O)(=O)N1CCN(C(=O)Nc2ccccc2-c2ccccc2)CC1. The first-order valence-corrected chi connectivity index (χ1v) is 10.2. The van der Waals surface area contributed by atoms with E-state index >= 15 is 0 Å². The van der Waals surface area contributed by atoms with E-state index in [1.54, 1.807) is 4.90 Å². The molecular formula is C19H24N4O3S. The Kier molecular flexibility index (Phi) is 5.79. The van der Waals surface area contributed by atoms with Crippen molar-refractivity contribution in [2.24, 2.45) is 0 Å². The lowest BCUT2D eigenvalue weighted by Crippen LogP contribution is -2.53. The number of anilines is 1. The van der Waals surface area contributed by atoms with Gasteiger partial charge in [0.2, 0.25) is 0 Å². The van der Waals surface area contributed by atoms with Crippen LogP contribution >= 0.6 is 0 Å². The van der Waals surface area contributed by atoms with Gasteiger partial charge in [-0.2, -0.15) is 17.0 Å². The fraction of sp³-hybridized carbons (Fsp3) is 0.316. The van der Waals surface area contributed by atoms with Crippen molar-refractivity contribution in [2.45, 2.75) is 0 Å². The van der Waals surface area contributed by atoms with Gasteiger partial charge in [0, 0.05) is 45.8 Å². The maximum Gasteiger partial charge on any atom is 0.321 e. The fourth-order valence-corrected chi connectivity index (χ4v) is 4.10. The highest BCUT2D eigenvalue weighted by Crippen LogP contribution is 2.27. The van der Waals surface area contributed by atoms with Crippen molar-refractivity contribution < 1.29 is 13.2 Å². The Bertz CT molecular complexity index is 892. The molecule has 27 heavy (non-hydrogen) atoms. The summed E-state index contributed by atoms with van der Waals surface area (Å²) in [5.74, 6) is 0. The molecule has 0 saturated carbocycles. The fourth-order valence-electron chi connectivity index (χ4n) is 3.01. The largest absolute Gasteiger partial charge is 0.322 e. The Hall–Kier alpha value is -2.42. The lowest BCUT2D eigenvalue weighted by atomic mass is 10.0. The molecule has 2 aromatic carbocycles. The Morgan fingerprint density at radius 2 is 1.52 bits per heavy atom. The van der Waals surface area contributed by atoms with Crippen molar-refractivity contribution >= 4 is 21.9 Å². The van der Waals surface area contributed by atoms with Crippen LogP contribution in [0.4, 0.5) is 10.5 Å². The Morgan fingerprint density at radius 3 is 2.15 bits per heavy atom. The topological polar surface area (TPSA) is 73.0 Å². The molecule has 0 spiro atoms. The summed E-state index contributed by atoms with van der Waals surface area (Å²) >= 11 is 0. The van der Waals surface area contributed by atoms with E-state index in [9.17, 15) is 13.2 Å². The number of benzene rings is 2. The molecule has 1 heterocycles. The molecule has 2 aromatic rings. The molecule has 1 fully saturated rings. The highest BCUT2D eigenvalue weighted by atomic mass is 32.2. The molecule has 0 bridgehead atoms. The summed E-state index contributed by atoms with van der Waals surface area (Å²) in [5, 5.41) is 2.96. The number of nitrogens with one attached hydrogen (secondary N) is 1. The van der Waals surface area contributed by atoms with Gasteiger partial charge in [-0.25, -0.2) is 4.79 Å². The molecule has 1 N–H and O–H groups in total. The number of carbonyl (C=O) groups excluding carboxylic acids is 1. The molecule has 2 amide bonds. The first-order valence-electron chi connectivity index (χ1n) is 8.77. The third-order valence-electron chi connectivity index (χ3n) is 4.57. The van der Waals surface area contributed by atoms with Crippen molar-refractivity contribution in [3.05, 3.63) is 54.6 Å². The predicted octanol–water partition coefficient (Wildman–Crippen LogP) is 2.31. The summed E-state index contributed by atoms with van der Waals surface area (Å²) in [5.41, 5.74) is 2.70. The van der Waals surface area contributed by atoms with Gasteiger partial charge in [-0.1, -0.05) is 48.5 Å². The second kappa shape index (κ2) is 8.08. The van der Waals surface area contributed by atoms with E-state index in [4.69, 9.17) is 0 Å². The summed E-state index contributed by atoms with van der Waals surface area (Å²) < 4.78 is 27.0. The van der Waals surface area contributed by atoms with Crippen molar-refractivity contribution in [1.82, 2.24) is 13.5 Å². The minimum absolute atomic E-state index is 0.222. The number of rotatable bonds is 4. The van der Waals surface area contributed by atoms with Crippen LogP contribution in [-0.4, -0.2) is 68.2 Å². The Balaban J connectivity index is 1.68.